The largest absolute Gasteiger partial charge is 0.462 e. The van der Waals surface area contributed by atoms with Gasteiger partial charge in [-0.3, -0.25) is 4.79 Å². The highest BCUT2D eigenvalue weighted by atomic mass is 16.5. The second-order valence-corrected chi connectivity index (χ2v) is 4.38. The molecule has 20 heavy (non-hydrogen) atoms. The Morgan fingerprint density at radius 3 is 2.70 bits per heavy atom. The molecule has 6 heteroatoms. The quantitative estimate of drug-likeness (QED) is 0.660. The zero-order valence-corrected chi connectivity index (χ0v) is 11.2. The summed E-state index contributed by atoms with van der Waals surface area (Å²) in [5.41, 5.74) is 1.12. The fourth-order valence-corrected chi connectivity index (χ4v) is 2.29. The molecule has 1 aromatic carbocycles. The van der Waals surface area contributed by atoms with Gasteiger partial charge in [-0.2, -0.15) is 0 Å². The van der Waals surface area contributed by atoms with Gasteiger partial charge in [-0.15, -0.1) is 0 Å². The van der Waals surface area contributed by atoms with Crippen LogP contribution in [-0.4, -0.2) is 26.5 Å². The molecule has 2 heterocycles. The molecule has 2 aromatic heterocycles. The molecule has 6 nitrogen and oxygen atoms in total. The maximum absolute atomic E-state index is 12.5. The van der Waals surface area contributed by atoms with Crippen molar-refractivity contribution in [1.82, 2.24) is 14.0 Å². The van der Waals surface area contributed by atoms with E-state index < -0.39 is 11.5 Å². The number of hydrogen-bond donors (Lipinski definition) is 0. The van der Waals surface area contributed by atoms with Crippen LogP contribution in [0.1, 0.15) is 17.3 Å². The minimum atomic E-state index is -0.646. The zero-order chi connectivity index (χ0) is 14.3. The highest BCUT2D eigenvalue weighted by Gasteiger charge is 2.18. The molecule has 0 spiro atoms. The lowest BCUT2D eigenvalue weighted by atomic mass is 10.3. The van der Waals surface area contributed by atoms with E-state index in [2.05, 4.69) is 4.98 Å². The molecule has 0 bridgehead atoms. The summed E-state index contributed by atoms with van der Waals surface area (Å²) in [6.45, 7) is 1.91. The van der Waals surface area contributed by atoms with Gasteiger partial charge in [-0.25, -0.2) is 14.2 Å². The molecule has 0 radical (unpaired) electrons. The molecule has 102 valence electrons. The van der Waals surface area contributed by atoms with Crippen molar-refractivity contribution in [2.24, 2.45) is 7.05 Å². The van der Waals surface area contributed by atoms with Crippen LogP contribution < -0.4 is 5.56 Å². The topological polar surface area (TPSA) is 65.6 Å². The Labute approximate surface area is 114 Å². The number of esters is 1. The van der Waals surface area contributed by atoms with E-state index in [1.807, 2.05) is 35.9 Å². The van der Waals surface area contributed by atoms with Crippen molar-refractivity contribution in [3.8, 4) is 0 Å². The lowest BCUT2D eigenvalue weighted by Crippen LogP contribution is -2.24. The number of carbonyl (C=O) groups is 1. The summed E-state index contributed by atoms with van der Waals surface area (Å²) in [7, 11) is 1.83. The second kappa shape index (κ2) is 4.48. The van der Waals surface area contributed by atoms with E-state index in [9.17, 15) is 9.59 Å². The van der Waals surface area contributed by atoms with Gasteiger partial charge in [0.1, 0.15) is 5.56 Å². The number of nitrogens with zero attached hydrogens (tertiary/aromatic N) is 3. The van der Waals surface area contributed by atoms with E-state index in [0.717, 1.165) is 5.52 Å². The first-order chi connectivity index (χ1) is 9.65. The van der Waals surface area contributed by atoms with Crippen LogP contribution in [0.15, 0.2) is 35.3 Å². The van der Waals surface area contributed by atoms with E-state index in [0.29, 0.717) is 11.3 Å². The molecule has 0 aliphatic heterocycles. The summed E-state index contributed by atoms with van der Waals surface area (Å²) in [6.07, 6.45) is 1.27. The fourth-order valence-electron chi connectivity index (χ4n) is 2.29. The first-order valence-corrected chi connectivity index (χ1v) is 6.27. The van der Waals surface area contributed by atoms with Gasteiger partial charge in [0.15, 0.2) is 0 Å². The minimum Gasteiger partial charge on any atom is -0.462 e. The predicted octanol–water partition coefficient (Wildman–Crippen LogP) is 1.36. The number of ether oxygens (including phenoxy) is 1. The Bertz CT molecular complexity index is 876. The van der Waals surface area contributed by atoms with Gasteiger partial charge in [0.05, 0.1) is 23.8 Å². The number of aromatic nitrogens is 3. The standard InChI is InChI=1S/C14H13N3O3/c1-3-20-13(19)9-8-15-14-16(2)10-6-4-5-7-11(10)17(14)12(9)18/h4-8H,3H2,1-2H3. The lowest BCUT2D eigenvalue weighted by molar-refractivity contribution is 0.0523. The number of carbonyl (C=O) groups excluding carboxylic acids is 1. The third-order valence-corrected chi connectivity index (χ3v) is 3.22. The van der Waals surface area contributed by atoms with Crippen LogP contribution in [-0.2, 0) is 11.8 Å². The van der Waals surface area contributed by atoms with Crippen molar-refractivity contribution in [1.29, 1.82) is 0 Å². The van der Waals surface area contributed by atoms with E-state index in [1.165, 1.54) is 10.6 Å². The average Bonchev–Trinajstić information content (AvgIpc) is 2.74. The number of para-hydroxylation sites is 2. The van der Waals surface area contributed by atoms with Gasteiger partial charge in [-0.1, -0.05) is 12.1 Å². The Hall–Kier alpha value is -2.63. The number of imidazole rings is 1. The predicted molar refractivity (Wildman–Crippen MR) is 73.9 cm³/mol. The molecular formula is C14H13N3O3. The molecule has 0 amide bonds. The molecule has 0 aliphatic carbocycles. The van der Waals surface area contributed by atoms with Crippen LogP contribution in [0.25, 0.3) is 16.8 Å². The normalized spacial score (nSPS) is 11.1. The Morgan fingerprint density at radius 2 is 2.00 bits per heavy atom. The molecule has 0 unspecified atom stereocenters. The Kier molecular flexibility index (Phi) is 2.78. The maximum Gasteiger partial charge on any atom is 0.345 e. The number of benzene rings is 1. The third kappa shape index (κ3) is 1.61. The van der Waals surface area contributed by atoms with Crippen molar-refractivity contribution in [3.63, 3.8) is 0 Å². The Balaban J connectivity index is 2.41. The van der Waals surface area contributed by atoms with Crippen molar-refractivity contribution < 1.29 is 9.53 Å². The van der Waals surface area contributed by atoms with Gasteiger partial charge < -0.3 is 9.30 Å². The molecule has 3 rings (SSSR count). The summed E-state index contributed by atoms with van der Waals surface area (Å²) >= 11 is 0. The number of hydrogen-bond acceptors (Lipinski definition) is 4. The van der Waals surface area contributed by atoms with Crippen LogP contribution in [0, 0.1) is 0 Å². The SMILES string of the molecule is CCOC(=O)c1cnc2n(C)c3ccccc3n2c1=O. The highest BCUT2D eigenvalue weighted by molar-refractivity contribution is 5.89. The molecule has 0 saturated heterocycles. The summed E-state index contributed by atoms with van der Waals surface area (Å²) in [5.74, 6) is -0.156. The van der Waals surface area contributed by atoms with Gasteiger partial charge in [-0.05, 0) is 19.1 Å². The smallest absolute Gasteiger partial charge is 0.345 e. The molecule has 3 aromatic rings. The van der Waals surface area contributed by atoms with Gasteiger partial charge >= 0.3 is 5.97 Å². The zero-order valence-electron chi connectivity index (χ0n) is 11.2. The number of rotatable bonds is 2. The van der Waals surface area contributed by atoms with Crippen LogP contribution >= 0.6 is 0 Å². The fraction of sp³-hybridized carbons (Fsp3) is 0.214. The lowest BCUT2D eigenvalue weighted by Gasteiger charge is -2.01. The summed E-state index contributed by atoms with van der Waals surface area (Å²) in [6, 6.07) is 7.44. The van der Waals surface area contributed by atoms with Crippen LogP contribution in [0.2, 0.25) is 0 Å². The number of aryl methyl sites for hydroxylation is 1. The van der Waals surface area contributed by atoms with Crippen LogP contribution in [0.3, 0.4) is 0 Å². The van der Waals surface area contributed by atoms with Gasteiger partial charge in [0.2, 0.25) is 5.78 Å². The van der Waals surface area contributed by atoms with E-state index >= 15 is 0 Å². The third-order valence-electron chi connectivity index (χ3n) is 3.22. The Morgan fingerprint density at radius 1 is 1.30 bits per heavy atom. The van der Waals surface area contributed by atoms with E-state index in [1.54, 1.807) is 6.92 Å². The molecular weight excluding hydrogens is 258 g/mol. The highest BCUT2D eigenvalue weighted by Crippen LogP contribution is 2.16. The molecule has 0 saturated carbocycles. The maximum atomic E-state index is 12.5. The van der Waals surface area contributed by atoms with Gasteiger partial charge in [0.25, 0.3) is 5.56 Å². The van der Waals surface area contributed by atoms with Crippen molar-refractivity contribution in [2.75, 3.05) is 6.61 Å². The molecule has 0 N–H and O–H groups in total. The van der Waals surface area contributed by atoms with E-state index in [4.69, 9.17) is 4.74 Å². The van der Waals surface area contributed by atoms with Crippen molar-refractivity contribution in [2.45, 2.75) is 6.92 Å². The summed E-state index contributed by atoms with van der Waals surface area (Å²) < 4.78 is 8.12. The summed E-state index contributed by atoms with van der Waals surface area (Å²) in [5, 5.41) is 0. The number of fused-ring (bicyclic) bond motifs is 3. The van der Waals surface area contributed by atoms with Crippen LogP contribution in [0.4, 0.5) is 0 Å². The van der Waals surface area contributed by atoms with Crippen LogP contribution in [0.5, 0.6) is 0 Å². The average molecular weight is 271 g/mol. The monoisotopic (exact) mass is 271 g/mol. The van der Waals surface area contributed by atoms with Crippen molar-refractivity contribution >= 4 is 22.8 Å². The first-order valence-electron chi connectivity index (χ1n) is 6.27. The molecule has 0 fully saturated rings. The second-order valence-electron chi connectivity index (χ2n) is 4.38. The first kappa shape index (κ1) is 12.4. The molecule has 0 aliphatic rings. The van der Waals surface area contributed by atoms with Gasteiger partial charge in [0, 0.05) is 7.05 Å². The van der Waals surface area contributed by atoms with E-state index in [-0.39, 0.29) is 12.2 Å². The van der Waals surface area contributed by atoms with Crippen molar-refractivity contribution in [3.05, 3.63) is 46.4 Å². The molecule has 0 atom stereocenters. The minimum absolute atomic E-state index is 0.0549. The summed E-state index contributed by atoms with van der Waals surface area (Å²) in [4.78, 5) is 28.5.